The van der Waals surface area contributed by atoms with E-state index in [0.29, 0.717) is 6.42 Å². The first-order chi connectivity index (χ1) is 4.74. The minimum absolute atomic E-state index is 0.509. The van der Waals surface area contributed by atoms with Crippen LogP contribution in [0.15, 0.2) is 14.3 Å². The van der Waals surface area contributed by atoms with Crippen molar-refractivity contribution in [3.8, 4) is 0 Å². The predicted octanol–water partition coefficient (Wildman–Crippen LogP) is 3.01. The molecule has 10 heavy (non-hydrogen) atoms. The molecule has 0 amide bonds. The zero-order valence-corrected chi connectivity index (χ0v) is 8.92. The fraction of sp³-hybridized carbons (Fsp3) is 0.167. The number of rotatable bonds is 2. The van der Waals surface area contributed by atoms with Gasteiger partial charge < -0.3 is 4.79 Å². The average molecular weight is 284 g/mol. The van der Waals surface area contributed by atoms with E-state index in [9.17, 15) is 4.79 Å². The van der Waals surface area contributed by atoms with Crippen molar-refractivity contribution in [3.63, 3.8) is 0 Å². The molecule has 1 aromatic heterocycles. The van der Waals surface area contributed by atoms with Gasteiger partial charge in [0, 0.05) is 15.8 Å². The Kier molecular flexibility index (Phi) is 3.07. The third-order valence-electron chi connectivity index (χ3n) is 0.981. The van der Waals surface area contributed by atoms with Gasteiger partial charge in [-0.05, 0) is 37.9 Å². The minimum atomic E-state index is 0.509. The molecule has 0 aliphatic carbocycles. The van der Waals surface area contributed by atoms with Gasteiger partial charge in [-0.25, -0.2) is 0 Å². The van der Waals surface area contributed by atoms with Gasteiger partial charge in [-0.15, -0.1) is 11.3 Å². The number of halogens is 2. The first kappa shape index (κ1) is 8.43. The van der Waals surface area contributed by atoms with Gasteiger partial charge in [-0.3, -0.25) is 0 Å². The third kappa shape index (κ3) is 1.90. The number of hydrogen-bond acceptors (Lipinski definition) is 2. The summed E-state index contributed by atoms with van der Waals surface area (Å²) in [5.74, 6) is 0. The lowest BCUT2D eigenvalue weighted by Crippen LogP contribution is -1.76. The van der Waals surface area contributed by atoms with Crippen LogP contribution in [-0.2, 0) is 11.2 Å². The van der Waals surface area contributed by atoms with Gasteiger partial charge >= 0.3 is 0 Å². The van der Waals surface area contributed by atoms with Gasteiger partial charge in [0.1, 0.15) is 6.29 Å². The van der Waals surface area contributed by atoms with E-state index in [1.165, 1.54) is 0 Å². The van der Waals surface area contributed by atoms with E-state index in [2.05, 4.69) is 31.9 Å². The molecule has 0 aromatic carbocycles. The van der Waals surface area contributed by atoms with Crippen LogP contribution >= 0.6 is 43.2 Å². The van der Waals surface area contributed by atoms with Crippen LogP contribution in [0.5, 0.6) is 0 Å². The van der Waals surface area contributed by atoms with E-state index in [1.807, 2.05) is 6.07 Å². The zero-order valence-electron chi connectivity index (χ0n) is 4.93. The molecule has 4 heteroatoms. The summed E-state index contributed by atoms with van der Waals surface area (Å²) in [5, 5.41) is 0. The summed E-state index contributed by atoms with van der Waals surface area (Å²) in [6, 6.07) is 1.95. The first-order valence-corrected chi connectivity index (χ1v) is 5.01. The van der Waals surface area contributed by atoms with E-state index < -0.39 is 0 Å². The summed E-state index contributed by atoms with van der Waals surface area (Å²) in [4.78, 5) is 11.1. The van der Waals surface area contributed by atoms with Gasteiger partial charge in [0.2, 0.25) is 0 Å². The second-order valence-electron chi connectivity index (χ2n) is 1.71. The van der Waals surface area contributed by atoms with Crippen molar-refractivity contribution < 1.29 is 4.79 Å². The van der Waals surface area contributed by atoms with Crippen molar-refractivity contribution in [2.24, 2.45) is 0 Å². The Morgan fingerprint density at radius 3 is 2.70 bits per heavy atom. The zero-order chi connectivity index (χ0) is 7.56. The highest BCUT2D eigenvalue weighted by Crippen LogP contribution is 2.32. The van der Waals surface area contributed by atoms with E-state index >= 15 is 0 Å². The van der Waals surface area contributed by atoms with Crippen LogP contribution in [0.2, 0.25) is 0 Å². The lowest BCUT2D eigenvalue weighted by molar-refractivity contribution is -0.107. The smallest absolute Gasteiger partial charge is 0.125 e. The molecular weight excluding hydrogens is 280 g/mol. The predicted molar refractivity (Wildman–Crippen MR) is 49.5 cm³/mol. The van der Waals surface area contributed by atoms with Crippen molar-refractivity contribution in [2.75, 3.05) is 0 Å². The molecule has 0 atom stereocenters. The van der Waals surface area contributed by atoms with Gasteiger partial charge in [0.05, 0.1) is 3.79 Å². The second kappa shape index (κ2) is 3.64. The molecule has 0 N–H and O–H groups in total. The van der Waals surface area contributed by atoms with Crippen LogP contribution in [0.25, 0.3) is 0 Å². The number of carbonyl (C=O) groups excluding carboxylic acids is 1. The quantitative estimate of drug-likeness (QED) is 0.763. The number of aldehydes is 1. The van der Waals surface area contributed by atoms with Gasteiger partial charge in [-0.1, -0.05) is 0 Å². The fourth-order valence-electron chi connectivity index (χ4n) is 0.574. The molecule has 0 spiro atoms. The van der Waals surface area contributed by atoms with Crippen LogP contribution in [0.4, 0.5) is 0 Å². The van der Waals surface area contributed by atoms with Crippen molar-refractivity contribution in [3.05, 3.63) is 19.2 Å². The molecule has 0 unspecified atom stereocenters. The van der Waals surface area contributed by atoms with Crippen LogP contribution in [0.1, 0.15) is 4.88 Å². The van der Waals surface area contributed by atoms with Crippen molar-refractivity contribution in [1.29, 1.82) is 0 Å². The maximum Gasteiger partial charge on any atom is 0.125 e. The molecule has 0 aliphatic heterocycles. The lowest BCUT2D eigenvalue weighted by Gasteiger charge is -1.79. The Morgan fingerprint density at radius 2 is 2.30 bits per heavy atom. The maximum absolute atomic E-state index is 10.1. The molecule has 0 aliphatic rings. The molecule has 1 nitrogen and oxygen atoms in total. The van der Waals surface area contributed by atoms with Crippen molar-refractivity contribution in [1.82, 2.24) is 0 Å². The topological polar surface area (TPSA) is 17.1 Å². The van der Waals surface area contributed by atoms with E-state index in [0.717, 1.165) is 19.4 Å². The molecule has 0 bridgehead atoms. The van der Waals surface area contributed by atoms with Gasteiger partial charge in [-0.2, -0.15) is 0 Å². The number of hydrogen-bond donors (Lipinski definition) is 0. The summed E-state index contributed by atoms with van der Waals surface area (Å²) in [7, 11) is 0. The Labute approximate surface area is 79.7 Å². The fourth-order valence-corrected chi connectivity index (χ4v) is 2.70. The van der Waals surface area contributed by atoms with Crippen LogP contribution in [0, 0.1) is 0 Å². The molecule has 0 radical (unpaired) electrons. The molecular formula is C6H4Br2OS. The molecule has 1 heterocycles. The molecule has 0 saturated heterocycles. The van der Waals surface area contributed by atoms with Gasteiger partial charge in [0.15, 0.2) is 0 Å². The van der Waals surface area contributed by atoms with Crippen molar-refractivity contribution in [2.45, 2.75) is 6.42 Å². The SMILES string of the molecule is O=CCc1cc(Br)c(Br)s1. The maximum atomic E-state index is 10.1. The third-order valence-corrected chi connectivity index (χ3v) is 4.26. The molecule has 1 rings (SSSR count). The summed E-state index contributed by atoms with van der Waals surface area (Å²) in [5.41, 5.74) is 0. The normalized spacial score (nSPS) is 9.80. The van der Waals surface area contributed by atoms with Crippen LogP contribution in [0.3, 0.4) is 0 Å². The van der Waals surface area contributed by atoms with E-state index in [1.54, 1.807) is 11.3 Å². The lowest BCUT2D eigenvalue weighted by atomic mass is 10.4. The highest BCUT2D eigenvalue weighted by atomic mass is 79.9. The standard InChI is InChI=1S/C6H4Br2OS/c7-5-3-4(1-2-9)10-6(5)8/h2-3H,1H2. The first-order valence-electron chi connectivity index (χ1n) is 2.61. The Balaban J connectivity index is 2.86. The van der Waals surface area contributed by atoms with E-state index in [-0.39, 0.29) is 0 Å². The van der Waals surface area contributed by atoms with Crippen molar-refractivity contribution >= 4 is 49.5 Å². The summed E-state index contributed by atoms with van der Waals surface area (Å²) >= 11 is 8.25. The molecule has 54 valence electrons. The second-order valence-corrected chi connectivity index (χ2v) is 5.01. The Hall–Kier alpha value is 0.330. The summed E-state index contributed by atoms with van der Waals surface area (Å²) < 4.78 is 2.07. The Morgan fingerprint density at radius 1 is 1.60 bits per heavy atom. The molecule has 1 aromatic rings. The highest BCUT2D eigenvalue weighted by molar-refractivity contribution is 9.13. The van der Waals surface area contributed by atoms with Gasteiger partial charge in [0.25, 0.3) is 0 Å². The largest absolute Gasteiger partial charge is 0.303 e. The van der Waals surface area contributed by atoms with E-state index in [4.69, 9.17) is 0 Å². The minimum Gasteiger partial charge on any atom is -0.303 e. The van der Waals surface area contributed by atoms with Crippen LogP contribution < -0.4 is 0 Å². The number of carbonyl (C=O) groups is 1. The monoisotopic (exact) mass is 282 g/mol. The Bertz CT molecular complexity index is 224. The number of thiophene rings is 1. The summed E-state index contributed by atoms with van der Waals surface area (Å²) in [6.45, 7) is 0. The molecule has 0 saturated carbocycles. The highest BCUT2D eigenvalue weighted by Gasteiger charge is 2.01. The van der Waals surface area contributed by atoms with Crippen LogP contribution in [-0.4, -0.2) is 6.29 Å². The average Bonchev–Trinajstić information content (AvgIpc) is 2.14. The summed E-state index contributed by atoms with van der Waals surface area (Å²) in [6.07, 6.45) is 1.42. The molecule has 0 fully saturated rings.